The topological polar surface area (TPSA) is 93.7 Å². The van der Waals surface area contributed by atoms with Gasteiger partial charge in [-0.05, 0) is 48.2 Å². The fourth-order valence-corrected chi connectivity index (χ4v) is 3.27. The molecule has 0 bridgehead atoms. The zero-order valence-corrected chi connectivity index (χ0v) is 16.6. The molecule has 1 atom stereocenters. The molecule has 2 aromatic carbocycles. The van der Waals surface area contributed by atoms with E-state index >= 15 is 0 Å². The van der Waals surface area contributed by atoms with Crippen LogP contribution in [0.15, 0.2) is 47.4 Å². The molecular weight excluding hydrogens is 368 g/mol. The van der Waals surface area contributed by atoms with Crippen LogP contribution in [-0.2, 0) is 10.0 Å². The van der Waals surface area contributed by atoms with Gasteiger partial charge in [0.15, 0.2) is 11.5 Å². The van der Waals surface area contributed by atoms with Gasteiger partial charge in [0.1, 0.15) is 0 Å². The first-order valence-electron chi connectivity index (χ1n) is 8.46. The fraction of sp³-hybridized carbons (Fsp3) is 0.316. The number of carbonyl (C=O) groups is 1. The molecule has 2 rings (SSSR count). The third-order valence-electron chi connectivity index (χ3n) is 4.32. The molecule has 27 heavy (non-hydrogen) atoms. The Morgan fingerprint density at radius 1 is 1.04 bits per heavy atom. The lowest BCUT2D eigenvalue weighted by atomic mass is 9.99. The number of carbonyl (C=O) groups excluding carboxylic acids is 1. The van der Waals surface area contributed by atoms with Crippen LogP contribution in [0.3, 0.4) is 0 Å². The number of ether oxygens (including phenoxy) is 2. The van der Waals surface area contributed by atoms with Crippen molar-refractivity contribution in [3.63, 3.8) is 0 Å². The Morgan fingerprint density at radius 2 is 1.67 bits per heavy atom. The lowest BCUT2D eigenvalue weighted by molar-refractivity contribution is 0.0944. The molecule has 0 unspecified atom stereocenters. The first-order chi connectivity index (χ1) is 12.8. The summed E-state index contributed by atoms with van der Waals surface area (Å²) in [6.07, 6.45) is 0.964. The molecule has 0 aliphatic rings. The maximum Gasteiger partial charge on any atom is 0.266 e. The van der Waals surface area contributed by atoms with Crippen LogP contribution in [0.1, 0.15) is 42.1 Å². The van der Waals surface area contributed by atoms with Crippen molar-refractivity contribution in [2.75, 3.05) is 14.2 Å². The highest BCUT2D eigenvalue weighted by Gasteiger charge is 2.17. The number of nitrogens with one attached hydrogen (secondary N) is 2. The quantitative estimate of drug-likeness (QED) is 0.674. The van der Waals surface area contributed by atoms with E-state index in [1.54, 1.807) is 18.2 Å². The van der Waals surface area contributed by atoms with Gasteiger partial charge >= 0.3 is 0 Å². The third kappa shape index (κ3) is 4.99. The molecule has 7 nitrogen and oxygen atoms in total. The zero-order valence-electron chi connectivity index (χ0n) is 15.8. The normalized spacial score (nSPS) is 12.3. The van der Waals surface area contributed by atoms with E-state index in [1.165, 1.54) is 38.5 Å². The summed E-state index contributed by atoms with van der Waals surface area (Å²) < 4.78 is 35.0. The van der Waals surface area contributed by atoms with Gasteiger partial charge in [-0.1, -0.05) is 26.0 Å². The van der Waals surface area contributed by atoms with Crippen LogP contribution in [-0.4, -0.2) is 28.5 Å². The van der Waals surface area contributed by atoms with E-state index in [0.717, 1.165) is 12.0 Å². The molecule has 2 aromatic rings. The zero-order chi connectivity index (χ0) is 20.0. The number of sulfonamides is 1. The van der Waals surface area contributed by atoms with Crippen LogP contribution >= 0.6 is 0 Å². The van der Waals surface area contributed by atoms with E-state index in [0.29, 0.717) is 17.4 Å². The second kappa shape index (κ2) is 8.88. The number of hydrogen-bond donors (Lipinski definition) is 2. The smallest absolute Gasteiger partial charge is 0.266 e. The number of rotatable bonds is 8. The first-order valence-corrected chi connectivity index (χ1v) is 9.94. The van der Waals surface area contributed by atoms with Crippen molar-refractivity contribution in [1.29, 1.82) is 0 Å². The third-order valence-corrected chi connectivity index (χ3v) is 5.58. The van der Waals surface area contributed by atoms with Crippen LogP contribution in [0.2, 0.25) is 0 Å². The number of benzene rings is 2. The minimum Gasteiger partial charge on any atom is -0.493 e. The van der Waals surface area contributed by atoms with Crippen molar-refractivity contribution in [2.45, 2.75) is 31.1 Å². The summed E-state index contributed by atoms with van der Waals surface area (Å²) in [6, 6.07) is 11.1. The molecule has 8 heteroatoms. The molecule has 0 saturated heterocycles. The molecule has 0 aliphatic carbocycles. The van der Waals surface area contributed by atoms with Gasteiger partial charge in [0.25, 0.3) is 15.9 Å². The van der Waals surface area contributed by atoms with Crippen LogP contribution in [0.25, 0.3) is 0 Å². The number of hydrazine groups is 1. The van der Waals surface area contributed by atoms with Gasteiger partial charge in [-0.3, -0.25) is 10.2 Å². The molecule has 0 fully saturated rings. The van der Waals surface area contributed by atoms with Crippen molar-refractivity contribution in [2.24, 2.45) is 0 Å². The second-order valence-corrected chi connectivity index (χ2v) is 7.69. The van der Waals surface area contributed by atoms with Gasteiger partial charge in [-0.25, -0.2) is 8.42 Å². The van der Waals surface area contributed by atoms with Gasteiger partial charge in [0.05, 0.1) is 19.1 Å². The summed E-state index contributed by atoms with van der Waals surface area (Å²) in [4.78, 5) is 14.4. The average molecular weight is 392 g/mol. The summed E-state index contributed by atoms with van der Waals surface area (Å²) in [5.74, 6) is 0.569. The van der Waals surface area contributed by atoms with Gasteiger partial charge in [-0.15, -0.1) is 4.83 Å². The minimum absolute atomic E-state index is 0.0714. The van der Waals surface area contributed by atoms with Crippen molar-refractivity contribution >= 4 is 15.9 Å². The van der Waals surface area contributed by atoms with E-state index in [2.05, 4.69) is 24.1 Å². The van der Waals surface area contributed by atoms with Gasteiger partial charge in [0, 0.05) is 5.56 Å². The molecule has 0 saturated carbocycles. The molecule has 1 amide bonds. The van der Waals surface area contributed by atoms with Crippen LogP contribution in [0.5, 0.6) is 11.5 Å². The monoisotopic (exact) mass is 392 g/mol. The number of hydrogen-bond acceptors (Lipinski definition) is 5. The summed E-state index contributed by atoms with van der Waals surface area (Å²) in [5.41, 5.74) is 3.49. The van der Waals surface area contributed by atoms with Crippen LogP contribution in [0.4, 0.5) is 0 Å². The highest BCUT2D eigenvalue weighted by atomic mass is 32.2. The SMILES string of the molecule is CC[C@H](C)c1ccc(S(=O)(=O)NNC(=O)c2ccc(OC)c(OC)c2)cc1. The largest absolute Gasteiger partial charge is 0.493 e. The number of amides is 1. The lowest BCUT2D eigenvalue weighted by Gasteiger charge is -2.12. The van der Waals surface area contributed by atoms with E-state index in [-0.39, 0.29) is 10.5 Å². The maximum absolute atomic E-state index is 12.4. The van der Waals surface area contributed by atoms with Crippen molar-refractivity contribution in [1.82, 2.24) is 10.3 Å². The Bertz CT molecular complexity index is 895. The van der Waals surface area contributed by atoms with Crippen LogP contribution < -0.4 is 19.7 Å². The van der Waals surface area contributed by atoms with Crippen molar-refractivity contribution in [3.05, 3.63) is 53.6 Å². The van der Waals surface area contributed by atoms with E-state index in [4.69, 9.17) is 9.47 Å². The molecule has 0 heterocycles. The highest BCUT2D eigenvalue weighted by molar-refractivity contribution is 7.89. The first kappa shape index (κ1) is 20.7. The molecule has 146 valence electrons. The van der Waals surface area contributed by atoms with Crippen molar-refractivity contribution < 1.29 is 22.7 Å². The Balaban J connectivity index is 2.09. The fourth-order valence-electron chi connectivity index (χ4n) is 2.43. The maximum atomic E-state index is 12.4. The van der Waals surface area contributed by atoms with Gasteiger partial charge in [0.2, 0.25) is 0 Å². The summed E-state index contributed by atoms with van der Waals surface area (Å²) in [7, 11) is -0.945. The molecule has 0 aliphatic heterocycles. The van der Waals surface area contributed by atoms with E-state index in [1.807, 2.05) is 0 Å². The summed E-state index contributed by atoms with van der Waals surface area (Å²) >= 11 is 0. The Hall–Kier alpha value is -2.58. The van der Waals surface area contributed by atoms with Crippen molar-refractivity contribution in [3.8, 4) is 11.5 Å². The Morgan fingerprint density at radius 3 is 2.22 bits per heavy atom. The second-order valence-electron chi connectivity index (χ2n) is 6.01. The Labute approximate surface area is 159 Å². The van der Waals surface area contributed by atoms with Gasteiger partial charge < -0.3 is 9.47 Å². The molecule has 0 radical (unpaired) electrons. The minimum atomic E-state index is -3.88. The molecule has 0 aromatic heterocycles. The average Bonchev–Trinajstić information content (AvgIpc) is 2.70. The number of methoxy groups -OCH3 is 2. The standard InChI is InChI=1S/C19H24N2O5S/c1-5-13(2)14-6-9-16(10-7-14)27(23,24)21-20-19(22)15-8-11-17(25-3)18(12-15)26-4/h6-13,21H,5H2,1-4H3,(H,20,22)/t13-/m0/s1. The predicted molar refractivity (Wildman–Crippen MR) is 102 cm³/mol. The van der Waals surface area contributed by atoms with E-state index in [9.17, 15) is 13.2 Å². The predicted octanol–water partition coefficient (Wildman–Crippen LogP) is 2.84. The van der Waals surface area contributed by atoms with Crippen LogP contribution in [0, 0.1) is 0 Å². The van der Waals surface area contributed by atoms with E-state index < -0.39 is 15.9 Å². The lowest BCUT2D eigenvalue weighted by Crippen LogP contribution is -2.41. The Kier molecular flexibility index (Phi) is 6.81. The summed E-state index contributed by atoms with van der Waals surface area (Å²) in [5, 5.41) is 0. The molecular formula is C19H24N2O5S. The van der Waals surface area contributed by atoms with Gasteiger partial charge in [-0.2, -0.15) is 0 Å². The highest BCUT2D eigenvalue weighted by Crippen LogP contribution is 2.27. The molecule has 0 spiro atoms. The summed E-state index contributed by atoms with van der Waals surface area (Å²) in [6.45, 7) is 4.14. The molecule has 2 N–H and O–H groups in total.